The molecule has 1 amide bonds. The number of rotatable bonds is 6. The van der Waals surface area contributed by atoms with Gasteiger partial charge >= 0.3 is 5.97 Å². The Morgan fingerprint density at radius 2 is 2.32 bits per heavy atom. The van der Waals surface area contributed by atoms with Gasteiger partial charge in [-0.1, -0.05) is 0 Å². The summed E-state index contributed by atoms with van der Waals surface area (Å²) in [6, 6.07) is 0. The summed E-state index contributed by atoms with van der Waals surface area (Å²) in [5, 5.41) is 13.8. The number of carbonyl (C=O) groups is 2. The third-order valence-electron chi connectivity index (χ3n) is 3.36. The Labute approximate surface area is 114 Å². The molecule has 0 atom stereocenters. The summed E-state index contributed by atoms with van der Waals surface area (Å²) < 4.78 is 5.27. The minimum absolute atomic E-state index is 0.0543. The van der Waals surface area contributed by atoms with Gasteiger partial charge in [0.05, 0.1) is 5.01 Å². The van der Waals surface area contributed by atoms with Crippen molar-refractivity contribution in [2.24, 2.45) is 0 Å². The smallest absolute Gasteiger partial charge is 0.355 e. The second-order valence-electron chi connectivity index (χ2n) is 4.49. The Bertz CT molecular complexity index is 476. The van der Waals surface area contributed by atoms with Crippen molar-refractivity contribution in [3.05, 3.63) is 16.1 Å². The fourth-order valence-corrected chi connectivity index (χ4v) is 2.76. The van der Waals surface area contributed by atoms with Crippen LogP contribution in [0.4, 0.5) is 0 Å². The zero-order chi connectivity index (χ0) is 13.9. The lowest BCUT2D eigenvalue weighted by Gasteiger charge is -2.38. The lowest BCUT2D eigenvalue weighted by molar-refractivity contribution is -0.154. The predicted octanol–water partition coefficient (Wildman–Crippen LogP) is 1.07. The first-order chi connectivity index (χ1) is 9.07. The Morgan fingerprint density at radius 1 is 1.58 bits per heavy atom. The van der Waals surface area contributed by atoms with E-state index in [1.165, 1.54) is 16.7 Å². The van der Waals surface area contributed by atoms with Crippen LogP contribution in [0, 0.1) is 0 Å². The molecule has 2 N–H and O–H groups in total. The molecule has 0 aliphatic heterocycles. The van der Waals surface area contributed by atoms with Gasteiger partial charge in [0.25, 0.3) is 5.91 Å². The van der Waals surface area contributed by atoms with Crippen molar-refractivity contribution in [2.45, 2.75) is 31.3 Å². The average Bonchev–Trinajstić information content (AvgIpc) is 2.77. The van der Waals surface area contributed by atoms with Crippen LogP contribution in [0.15, 0.2) is 5.38 Å². The van der Waals surface area contributed by atoms with Gasteiger partial charge in [0.2, 0.25) is 0 Å². The minimum Gasteiger partial charge on any atom is -0.476 e. The van der Waals surface area contributed by atoms with E-state index in [1.54, 1.807) is 7.11 Å². The predicted molar refractivity (Wildman–Crippen MR) is 69.4 cm³/mol. The van der Waals surface area contributed by atoms with Gasteiger partial charge in [0, 0.05) is 25.5 Å². The first-order valence-corrected chi connectivity index (χ1v) is 6.96. The fraction of sp³-hybridized carbons (Fsp3) is 0.583. The molecule has 0 saturated heterocycles. The Balaban J connectivity index is 1.79. The number of carboxylic acid groups (broad SMARTS) is 1. The summed E-state index contributed by atoms with van der Waals surface area (Å²) in [5.41, 5.74) is -0.589. The van der Waals surface area contributed by atoms with E-state index < -0.39 is 11.6 Å². The first-order valence-electron chi connectivity index (χ1n) is 6.08. The van der Waals surface area contributed by atoms with Gasteiger partial charge in [-0.15, -0.1) is 11.3 Å². The first kappa shape index (κ1) is 14.0. The Kier molecular flexibility index (Phi) is 4.16. The summed E-state index contributed by atoms with van der Waals surface area (Å²) in [5.74, 6) is -1.12. The molecule has 0 radical (unpaired) electrons. The van der Waals surface area contributed by atoms with Gasteiger partial charge in [0.15, 0.2) is 5.69 Å². The fourth-order valence-electron chi connectivity index (χ4n) is 1.99. The van der Waals surface area contributed by atoms with E-state index in [2.05, 4.69) is 10.3 Å². The van der Waals surface area contributed by atoms with Gasteiger partial charge in [-0.3, -0.25) is 4.79 Å². The van der Waals surface area contributed by atoms with Crippen LogP contribution in [0.2, 0.25) is 0 Å². The van der Waals surface area contributed by atoms with Gasteiger partial charge in [-0.25, -0.2) is 9.78 Å². The number of methoxy groups -OCH3 is 1. The van der Waals surface area contributed by atoms with E-state index in [1.807, 2.05) is 0 Å². The highest BCUT2D eigenvalue weighted by atomic mass is 32.1. The zero-order valence-electron chi connectivity index (χ0n) is 10.6. The standard InChI is InChI=1S/C12H16N2O4S/c1-18-12(4-2-5-12)11(17)13-6-3-9-14-8(7-19-9)10(15)16/h7H,2-6H2,1H3,(H,13,17)(H,15,16). The molecule has 1 aliphatic carbocycles. The van der Waals surface area contributed by atoms with E-state index in [9.17, 15) is 9.59 Å². The van der Waals surface area contributed by atoms with Gasteiger partial charge in [0.1, 0.15) is 5.60 Å². The second kappa shape index (κ2) is 5.66. The normalized spacial score (nSPS) is 16.7. The van der Waals surface area contributed by atoms with E-state index in [4.69, 9.17) is 9.84 Å². The van der Waals surface area contributed by atoms with Gasteiger partial charge in [-0.2, -0.15) is 0 Å². The van der Waals surface area contributed by atoms with Gasteiger partial charge in [-0.05, 0) is 19.3 Å². The molecule has 0 bridgehead atoms. The second-order valence-corrected chi connectivity index (χ2v) is 5.43. The van der Waals surface area contributed by atoms with E-state index in [-0.39, 0.29) is 11.6 Å². The Hall–Kier alpha value is -1.47. The largest absolute Gasteiger partial charge is 0.476 e. The third kappa shape index (κ3) is 2.93. The number of hydrogen-bond donors (Lipinski definition) is 2. The topological polar surface area (TPSA) is 88.5 Å². The molecule has 0 spiro atoms. The summed E-state index contributed by atoms with van der Waals surface area (Å²) in [6.45, 7) is 0.441. The minimum atomic E-state index is -1.03. The molecule has 1 heterocycles. The van der Waals surface area contributed by atoms with E-state index in [0.717, 1.165) is 19.3 Å². The molecule has 0 unspecified atom stereocenters. The van der Waals surface area contributed by atoms with E-state index in [0.29, 0.717) is 18.0 Å². The maximum Gasteiger partial charge on any atom is 0.355 e. The molecule has 7 heteroatoms. The molecule has 6 nitrogen and oxygen atoms in total. The number of thiazole rings is 1. The number of nitrogens with zero attached hydrogens (tertiary/aromatic N) is 1. The molecule has 104 valence electrons. The number of aromatic carboxylic acids is 1. The zero-order valence-corrected chi connectivity index (χ0v) is 11.5. The lowest BCUT2D eigenvalue weighted by atomic mass is 9.79. The van der Waals surface area contributed by atoms with Crippen molar-refractivity contribution in [1.82, 2.24) is 10.3 Å². The number of aromatic nitrogens is 1. The highest BCUT2D eigenvalue weighted by Gasteiger charge is 2.44. The molecule has 19 heavy (non-hydrogen) atoms. The van der Waals surface area contributed by atoms with Crippen LogP contribution in [0.25, 0.3) is 0 Å². The van der Waals surface area contributed by atoms with Crippen LogP contribution in [0.1, 0.15) is 34.8 Å². The number of amides is 1. The van der Waals surface area contributed by atoms with Crippen molar-refractivity contribution < 1.29 is 19.4 Å². The maximum absolute atomic E-state index is 11.9. The Morgan fingerprint density at radius 3 is 2.79 bits per heavy atom. The number of ether oxygens (including phenoxy) is 1. The van der Waals surface area contributed by atoms with Crippen molar-refractivity contribution in [3.8, 4) is 0 Å². The molecule has 0 aromatic carbocycles. The van der Waals surface area contributed by atoms with Crippen molar-refractivity contribution >= 4 is 23.2 Å². The molecule has 1 fully saturated rings. The molecule has 1 aliphatic rings. The molecule has 1 aromatic rings. The maximum atomic E-state index is 11.9. The average molecular weight is 284 g/mol. The SMILES string of the molecule is COC1(C(=O)NCCc2nc(C(=O)O)cs2)CCC1. The van der Waals surface area contributed by atoms with Crippen LogP contribution in [0.5, 0.6) is 0 Å². The molecule has 2 rings (SSSR count). The van der Waals surface area contributed by atoms with Crippen molar-refractivity contribution in [3.63, 3.8) is 0 Å². The molecular weight excluding hydrogens is 268 g/mol. The van der Waals surface area contributed by atoms with Crippen molar-refractivity contribution in [1.29, 1.82) is 0 Å². The quantitative estimate of drug-likeness (QED) is 0.815. The summed E-state index contributed by atoms with van der Waals surface area (Å²) >= 11 is 1.29. The van der Waals surface area contributed by atoms with Crippen LogP contribution in [-0.4, -0.2) is 41.2 Å². The third-order valence-corrected chi connectivity index (χ3v) is 4.27. The highest BCUT2D eigenvalue weighted by Crippen LogP contribution is 2.35. The number of nitrogens with one attached hydrogen (secondary N) is 1. The molecule has 1 aromatic heterocycles. The van der Waals surface area contributed by atoms with Crippen LogP contribution < -0.4 is 5.32 Å². The highest BCUT2D eigenvalue weighted by molar-refractivity contribution is 7.09. The van der Waals surface area contributed by atoms with E-state index >= 15 is 0 Å². The number of carbonyl (C=O) groups excluding carboxylic acids is 1. The van der Waals surface area contributed by atoms with Gasteiger partial charge < -0.3 is 15.2 Å². The lowest BCUT2D eigenvalue weighted by Crippen LogP contribution is -2.53. The monoisotopic (exact) mass is 284 g/mol. The van der Waals surface area contributed by atoms with Crippen LogP contribution in [-0.2, 0) is 16.0 Å². The number of carboxylic acids is 1. The summed E-state index contributed by atoms with van der Waals surface area (Å²) in [7, 11) is 1.55. The molecular formula is C12H16N2O4S. The number of hydrogen-bond acceptors (Lipinski definition) is 5. The molecule has 1 saturated carbocycles. The van der Waals surface area contributed by atoms with Crippen LogP contribution >= 0.6 is 11.3 Å². The summed E-state index contributed by atoms with van der Waals surface area (Å²) in [4.78, 5) is 26.6. The van der Waals surface area contributed by atoms with Crippen LogP contribution in [0.3, 0.4) is 0 Å². The summed E-state index contributed by atoms with van der Waals surface area (Å²) in [6.07, 6.45) is 3.06. The van der Waals surface area contributed by atoms with Crippen molar-refractivity contribution in [2.75, 3.05) is 13.7 Å².